The molecule has 0 atom stereocenters. The van der Waals surface area contributed by atoms with Gasteiger partial charge in [0.1, 0.15) is 0 Å². The molecule has 1 aromatic carbocycles. The third-order valence-electron chi connectivity index (χ3n) is 3.07. The van der Waals surface area contributed by atoms with Crippen LogP contribution in [0.5, 0.6) is 11.5 Å². The maximum absolute atomic E-state index is 12.1. The first-order valence-corrected chi connectivity index (χ1v) is 6.62. The number of nitrogens with zero attached hydrogens (tertiary/aromatic N) is 2. The predicted molar refractivity (Wildman–Crippen MR) is 83.5 cm³/mol. The molecule has 0 aliphatic rings. The molecular weight excluding hydrogens is 282 g/mol. The number of benzene rings is 1. The highest BCUT2D eigenvalue weighted by Crippen LogP contribution is 2.27. The van der Waals surface area contributed by atoms with Gasteiger partial charge in [-0.05, 0) is 37.3 Å². The van der Waals surface area contributed by atoms with Gasteiger partial charge in [0, 0.05) is 23.5 Å². The number of hydrogen-bond acceptors (Lipinski definition) is 5. The van der Waals surface area contributed by atoms with E-state index in [2.05, 4.69) is 15.5 Å². The van der Waals surface area contributed by atoms with E-state index in [1.54, 1.807) is 37.7 Å². The van der Waals surface area contributed by atoms with Gasteiger partial charge in [0.25, 0.3) is 5.91 Å². The Labute approximate surface area is 128 Å². The van der Waals surface area contributed by atoms with Gasteiger partial charge in [0.2, 0.25) is 0 Å². The summed E-state index contributed by atoms with van der Waals surface area (Å²) in [6.07, 6.45) is 3.34. The third-order valence-corrected chi connectivity index (χ3v) is 3.07. The van der Waals surface area contributed by atoms with Crippen molar-refractivity contribution in [1.29, 1.82) is 0 Å². The van der Waals surface area contributed by atoms with Crippen LogP contribution in [-0.4, -0.2) is 30.8 Å². The first-order chi connectivity index (χ1) is 10.7. The minimum absolute atomic E-state index is 0.325. The molecule has 0 spiro atoms. The molecule has 1 amide bonds. The van der Waals surface area contributed by atoms with Crippen molar-refractivity contribution in [2.75, 3.05) is 14.2 Å². The molecule has 2 rings (SSSR count). The van der Waals surface area contributed by atoms with Crippen molar-refractivity contribution >= 4 is 11.6 Å². The SMILES string of the molecule is COc1ccc(C(=O)N/N=C(/C)c2ccncc2)cc1OC. The van der Waals surface area contributed by atoms with Crippen LogP contribution in [0.3, 0.4) is 0 Å². The molecule has 2 aromatic rings. The van der Waals surface area contributed by atoms with Crippen LogP contribution in [-0.2, 0) is 0 Å². The molecule has 6 nitrogen and oxygen atoms in total. The van der Waals surface area contributed by atoms with E-state index in [1.807, 2.05) is 19.1 Å². The van der Waals surface area contributed by atoms with E-state index in [9.17, 15) is 4.79 Å². The smallest absolute Gasteiger partial charge is 0.271 e. The summed E-state index contributed by atoms with van der Waals surface area (Å²) in [5, 5.41) is 4.09. The van der Waals surface area contributed by atoms with Gasteiger partial charge in [-0.3, -0.25) is 9.78 Å². The molecule has 1 N–H and O–H groups in total. The highest BCUT2D eigenvalue weighted by molar-refractivity contribution is 6.00. The van der Waals surface area contributed by atoms with Crippen molar-refractivity contribution in [2.24, 2.45) is 5.10 Å². The van der Waals surface area contributed by atoms with Gasteiger partial charge in [0.15, 0.2) is 11.5 Å². The normalized spacial score (nSPS) is 11.0. The Morgan fingerprint density at radius 2 is 1.73 bits per heavy atom. The van der Waals surface area contributed by atoms with Crippen LogP contribution >= 0.6 is 0 Å². The molecule has 1 aromatic heterocycles. The fourth-order valence-corrected chi connectivity index (χ4v) is 1.83. The molecule has 114 valence electrons. The summed E-state index contributed by atoms with van der Waals surface area (Å²) in [6.45, 7) is 1.81. The molecule has 0 fully saturated rings. The average molecular weight is 299 g/mol. The zero-order chi connectivity index (χ0) is 15.9. The fraction of sp³-hybridized carbons (Fsp3) is 0.188. The highest BCUT2D eigenvalue weighted by atomic mass is 16.5. The van der Waals surface area contributed by atoms with Crippen molar-refractivity contribution in [2.45, 2.75) is 6.92 Å². The Balaban J connectivity index is 2.12. The number of aromatic nitrogens is 1. The van der Waals surface area contributed by atoms with Gasteiger partial charge in [-0.1, -0.05) is 0 Å². The molecule has 0 saturated carbocycles. The van der Waals surface area contributed by atoms with Crippen molar-refractivity contribution in [3.05, 3.63) is 53.9 Å². The van der Waals surface area contributed by atoms with E-state index in [-0.39, 0.29) is 5.91 Å². The predicted octanol–water partition coefficient (Wildman–Crippen LogP) is 2.25. The number of amides is 1. The van der Waals surface area contributed by atoms with Crippen LogP contribution in [0.15, 0.2) is 47.8 Å². The number of rotatable bonds is 5. The minimum Gasteiger partial charge on any atom is -0.493 e. The Morgan fingerprint density at radius 3 is 2.36 bits per heavy atom. The van der Waals surface area contributed by atoms with Gasteiger partial charge in [-0.15, -0.1) is 0 Å². The standard InChI is InChI=1S/C16H17N3O3/c1-11(12-6-8-17-9-7-12)18-19-16(20)13-4-5-14(21-2)15(10-13)22-3/h4-10H,1-3H3,(H,19,20)/b18-11-. The zero-order valence-electron chi connectivity index (χ0n) is 12.7. The van der Waals surface area contributed by atoms with Crippen molar-refractivity contribution in [1.82, 2.24) is 10.4 Å². The van der Waals surface area contributed by atoms with Crippen LogP contribution in [0.2, 0.25) is 0 Å². The summed E-state index contributed by atoms with van der Waals surface area (Å²) in [4.78, 5) is 16.1. The number of carbonyl (C=O) groups is 1. The van der Waals surface area contributed by atoms with Gasteiger partial charge in [0.05, 0.1) is 19.9 Å². The van der Waals surface area contributed by atoms with Gasteiger partial charge in [-0.25, -0.2) is 5.43 Å². The summed E-state index contributed by atoms with van der Waals surface area (Å²) in [7, 11) is 3.06. The van der Waals surface area contributed by atoms with Crippen LogP contribution in [0.25, 0.3) is 0 Å². The second-order valence-electron chi connectivity index (χ2n) is 4.44. The van der Waals surface area contributed by atoms with Gasteiger partial charge in [-0.2, -0.15) is 5.10 Å². The lowest BCUT2D eigenvalue weighted by atomic mass is 10.2. The minimum atomic E-state index is -0.325. The van der Waals surface area contributed by atoms with Crippen molar-refractivity contribution < 1.29 is 14.3 Å². The molecule has 6 heteroatoms. The summed E-state index contributed by atoms with van der Waals surface area (Å²) in [5.41, 5.74) is 4.53. The maximum atomic E-state index is 12.1. The van der Waals surface area contributed by atoms with E-state index in [1.165, 1.54) is 7.11 Å². The van der Waals surface area contributed by atoms with Crippen LogP contribution in [0, 0.1) is 0 Å². The van der Waals surface area contributed by atoms with Crippen molar-refractivity contribution in [3.8, 4) is 11.5 Å². The van der Waals surface area contributed by atoms with Crippen LogP contribution < -0.4 is 14.9 Å². The fourth-order valence-electron chi connectivity index (χ4n) is 1.83. The second-order valence-corrected chi connectivity index (χ2v) is 4.44. The van der Waals surface area contributed by atoms with Crippen LogP contribution in [0.4, 0.5) is 0 Å². The van der Waals surface area contributed by atoms with E-state index in [4.69, 9.17) is 9.47 Å². The molecule has 0 saturated heterocycles. The quantitative estimate of drug-likeness (QED) is 0.679. The Kier molecular flexibility index (Phi) is 5.08. The van der Waals surface area contributed by atoms with E-state index >= 15 is 0 Å². The Hall–Kier alpha value is -2.89. The summed E-state index contributed by atoms with van der Waals surface area (Å²) < 4.78 is 10.3. The lowest BCUT2D eigenvalue weighted by molar-refractivity contribution is 0.0954. The zero-order valence-corrected chi connectivity index (χ0v) is 12.7. The lowest BCUT2D eigenvalue weighted by Crippen LogP contribution is -2.19. The first kappa shape index (κ1) is 15.5. The average Bonchev–Trinajstić information content (AvgIpc) is 2.59. The summed E-state index contributed by atoms with van der Waals surface area (Å²) in [5.74, 6) is 0.731. The van der Waals surface area contributed by atoms with Gasteiger partial charge < -0.3 is 9.47 Å². The number of ether oxygens (including phenoxy) is 2. The molecule has 1 heterocycles. The second kappa shape index (κ2) is 7.21. The highest BCUT2D eigenvalue weighted by Gasteiger charge is 2.10. The number of hydrazone groups is 1. The molecule has 22 heavy (non-hydrogen) atoms. The summed E-state index contributed by atoms with van der Waals surface area (Å²) in [6, 6.07) is 8.56. The molecule has 0 aliphatic heterocycles. The molecule has 0 bridgehead atoms. The molecular formula is C16H17N3O3. The maximum Gasteiger partial charge on any atom is 0.271 e. The van der Waals surface area contributed by atoms with E-state index in [0.29, 0.717) is 22.8 Å². The third kappa shape index (κ3) is 3.60. The number of nitrogens with one attached hydrogen (secondary N) is 1. The molecule has 0 radical (unpaired) electrons. The number of methoxy groups -OCH3 is 2. The van der Waals surface area contributed by atoms with Gasteiger partial charge >= 0.3 is 0 Å². The first-order valence-electron chi connectivity index (χ1n) is 6.62. The largest absolute Gasteiger partial charge is 0.493 e. The molecule has 0 unspecified atom stereocenters. The Morgan fingerprint density at radius 1 is 1.05 bits per heavy atom. The van der Waals surface area contributed by atoms with E-state index < -0.39 is 0 Å². The monoisotopic (exact) mass is 299 g/mol. The lowest BCUT2D eigenvalue weighted by Gasteiger charge is -2.09. The number of pyridine rings is 1. The number of hydrogen-bond donors (Lipinski definition) is 1. The van der Waals surface area contributed by atoms with Crippen LogP contribution in [0.1, 0.15) is 22.8 Å². The molecule has 0 aliphatic carbocycles. The van der Waals surface area contributed by atoms with E-state index in [0.717, 1.165) is 5.56 Å². The Bertz CT molecular complexity index is 684. The summed E-state index contributed by atoms with van der Waals surface area (Å²) >= 11 is 0. The number of carbonyl (C=O) groups excluding carboxylic acids is 1. The van der Waals surface area contributed by atoms with Crippen molar-refractivity contribution in [3.63, 3.8) is 0 Å². The topological polar surface area (TPSA) is 72.8 Å².